The summed E-state index contributed by atoms with van der Waals surface area (Å²) in [6.45, 7) is 4.79. The first kappa shape index (κ1) is 22.7. The zero-order chi connectivity index (χ0) is 19.2. The number of carbonyl (C=O) groups is 1. The molecule has 3 rings (SSSR count). The first-order chi connectivity index (χ1) is 13.1. The van der Waals surface area contributed by atoms with Gasteiger partial charge in [0.1, 0.15) is 0 Å². The van der Waals surface area contributed by atoms with Crippen molar-refractivity contribution in [1.29, 1.82) is 0 Å². The highest BCUT2D eigenvalue weighted by molar-refractivity contribution is 6.30. The van der Waals surface area contributed by atoms with Gasteiger partial charge in [-0.05, 0) is 50.4 Å². The second-order valence-corrected chi connectivity index (χ2v) is 7.19. The third kappa shape index (κ3) is 5.26. The lowest BCUT2D eigenvalue weighted by molar-refractivity contribution is 0.00842. The second kappa shape index (κ2) is 10.8. The van der Waals surface area contributed by atoms with Crippen molar-refractivity contribution in [3.05, 3.63) is 46.7 Å². The minimum Gasteiger partial charge on any atom is -0.378 e. The van der Waals surface area contributed by atoms with Gasteiger partial charge in [0.25, 0.3) is 5.91 Å². The van der Waals surface area contributed by atoms with Crippen LogP contribution in [-0.4, -0.2) is 52.9 Å². The molecule has 2 heterocycles. The molecular formula is C20H28Cl2N4O2. The molecule has 8 heteroatoms. The van der Waals surface area contributed by atoms with Gasteiger partial charge in [-0.15, -0.1) is 12.4 Å². The Morgan fingerprint density at radius 2 is 2.11 bits per heavy atom. The number of piperidine rings is 1. The molecule has 2 N–H and O–H groups in total. The van der Waals surface area contributed by atoms with Crippen LogP contribution in [0.1, 0.15) is 42.2 Å². The van der Waals surface area contributed by atoms with Gasteiger partial charge in [0.2, 0.25) is 0 Å². The average molecular weight is 427 g/mol. The molecule has 0 spiro atoms. The van der Waals surface area contributed by atoms with Crippen molar-refractivity contribution in [2.75, 3.05) is 26.2 Å². The van der Waals surface area contributed by atoms with E-state index in [1.165, 1.54) is 0 Å². The Morgan fingerprint density at radius 1 is 1.36 bits per heavy atom. The van der Waals surface area contributed by atoms with Gasteiger partial charge in [0.05, 0.1) is 29.2 Å². The monoisotopic (exact) mass is 426 g/mol. The maximum atomic E-state index is 13.0. The molecule has 154 valence electrons. The smallest absolute Gasteiger partial charge is 0.257 e. The van der Waals surface area contributed by atoms with E-state index in [0.29, 0.717) is 43.2 Å². The number of hydrogen-bond donors (Lipinski definition) is 1. The highest BCUT2D eigenvalue weighted by atomic mass is 35.5. The van der Waals surface area contributed by atoms with Gasteiger partial charge in [-0.2, -0.15) is 5.10 Å². The molecule has 1 amide bonds. The van der Waals surface area contributed by atoms with Crippen molar-refractivity contribution in [3.8, 4) is 5.69 Å². The number of benzene rings is 1. The van der Waals surface area contributed by atoms with Crippen molar-refractivity contribution in [3.63, 3.8) is 0 Å². The van der Waals surface area contributed by atoms with Gasteiger partial charge in [0, 0.05) is 24.7 Å². The van der Waals surface area contributed by atoms with Crippen LogP contribution in [0, 0.1) is 0 Å². The lowest BCUT2D eigenvalue weighted by Gasteiger charge is -2.32. The Bertz CT molecular complexity index is 773. The summed E-state index contributed by atoms with van der Waals surface area (Å²) in [5.41, 5.74) is 7.94. The number of hydrogen-bond acceptors (Lipinski definition) is 4. The number of amides is 1. The molecule has 0 radical (unpaired) electrons. The lowest BCUT2D eigenvalue weighted by Crippen LogP contribution is -2.41. The number of nitrogens with zero attached hydrogens (tertiary/aromatic N) is 3. The Kier molecular flexibility index (Phi) is 8.76. The van der Waals surface area contributed by atoms with Crippen LogP contribution in [0.5, 0.6) is 0 Å². The molecule has 0 bridgehead atoms. The molecule has 0 aliphatic carbocycles. The molecule has 1 aromatic carbocycles. The Hall–Kier alpha value is -1.60. The van der Waals surface area contributed by atoms with Crippen molar-refractivity contribution >= 4 is 29.9 Å². The first-order valence-electron chi connectivity index (χ1n) is 9.57. The van der Waals surface area contributed by atoms with Crippen LogP contribution in [0.25, 0.3) is 5.69 Å². The topological polar surface area (TPSA) is 73.4 Å². The lowest BCUT2D eigenvalue weighted by atomic mass is 10.1. The van der Waals surface area contributed by atoms with Gasteiger partial charge in [-0.1, -0.05) is 24.6 Å². The van der Waals surface area contributed by atoms with Crippen LogP contribution in [0.2, 0.25) is 5.02 Å². The second-order valence-electron chi connectivity index (χ2n) is 6.75. The van der Waals surface area contributed by atoms with E-state index in [4.69, 9.17) is 22.1 Å². The summed E-state index contributed by atoms with van der Waals surface area (Å²) in [6.07, 6.45) is 5.21. The summed E-state index contributed by atoms with van der Waals surface area (Å²) in [6, 6.07) is 7.50. The van der Waals surface area contributed by atoms with E-state index in [9.17, 15) is 4.79 Å². The van der Waals surface area contributed by atoms with Crippen LogP contribution >= 0.6 is 24.0 Å². The maximum absolute atomic E-state index is 13.0. The Morgan fingerprint density at radius 3 is 2.75 bits per heavy atom. The highest BCUT2D eigenvalue weighted by Crippen LogP contribution is 2.22. The van der Waals surface area contributed by atoms with E-state index in [2.05, 4.69) is 5.10 Å². The van der Waals surface area contributed by atoms with Crippen LogP contribution in [0.15, 0.2) is 30.5 Å². The summed E-state index contributed by atoms with van der Waals surface area (Å²) >= 11 is 6.11. The van der Waals surface area contributed by atoms with Gasteiger partial charge in [-0.25, -0.2) is 4.68 Å². The number of nitrogens with two attached hydrogens (primary N) is 1. The number of halogens is 2. The molecule has 28 heavy (non-hydrogen) atoms. The average Bonchev–Trinajstić information content (AvgIpc) is 3.12. The zero-order valence-corrected chi connectivity index (χ0v) is 17.7. The van der Waals surface area contributed by atoms with Crippen LogP contribution in [0.3, 0.4) is 0 Å². The van der Waals surface area contributed by atoms with Crippen LogP contribution in [0.4, 0.5) is 0 Å². The van der Waals surface area contributed by atoms with E-state index in [0.717, 1.165) is 30.6 Å². The molecular weight excluding hydrogens is 399 g/mol. The summed E-state index contributed by atoms with van der Waals surface area (Å²) in [5.74, 6) is 0.0422. The fourth-order valence-corrected chi connectivity index (χ4v) is 3.64. The zero-order valence-electron chi connectivity index (χ0n) is 16.1. The Labute approximate surface area is 177 Å². The maximum Gasteiger partial charge on any atom is 0.257 e. The molecule has 6 nitrogen and oxygen atoms in total. The number of likely N-dealkylation sites (tertiary alicyclic amines) is 1. The number of ether oxygens (including phenoxy) is 1. The van der Waals surface area contributed by atoms with Crippen molar-refractivity contribution in [2.45, 2.75) is 38.7 Å². The molecule has 0 unspecified atom stereocenters. The molecule has 2 aromatic rings. The first-order valence-corrected chi connectivity index (χ1v) is 9.95. The molecule has 1 aliphatic rings. The predicted molar refractivity (Wildman–Crippen MR) is 114 cm³/mol. The quantitative estimate of drug-likeness (QED) is 0.687. The van der Waals surface area contributed by atoms with Crippen LogP contribution < -0.4 is 5.73 Å². The summed E-state index contributed by atoms with van der Waals surface area (Å²) in [4.78, 5) is 15.0. The molecule has 1 aliphatic heterocycles. The standard InChI is InChI=1S/C20H27ClN4O2.ClH/c1-2-19-18(14-23-25(19)16-6-3-5-15(21)13-16)20(26)24-10-7-17(8-11-24)27-12-4-9-22;/h3,5-6,13-14,17H,2,4,7-12,22H2,1H3;1H. The molecule has 1 saturated heterocycles. The minimum absolute atomic E-state index is 0. The van der Waals surface area contributed by atoms with Gasteiger partial charge in [0.15, 0.2) is 0 Å². The summed E-state index contributed by atoms with van der Waals surface area (Å²) in [7, 11) is 0. The van der Waals surface area contributed by atoms with Gasteiger partial charge in [-0.3, -0.25) is 4.79 Å². The van der Waals surface area contributed by atoms with Crippen molar-refractivity contribution in [2.24, 2.45) is 5.73 Å². The fourth-order valence-electron chi connectivity index (χ4n) is 3.45. The third-order valence-corrected chi connectivity index (χ3v) is 5.15. The largest absolute Gasteiger partial charge is 0.378 e. The molecule has 1 aromatic heterocycles. The summed E-state index contributed by atoms with van der Waals surface area (Å²) in [5, 5.41) is 5.10. The summed E-state index contributed by atoms with van der Waals surface area (Å²) < 4.78 is 7.64. The normalized spacial score (nSPS) is 14.8. The van der Waals surface area contributed by atoms with E-state index in [-0.39, 0.29) is 24.4 Å². The molecule has 1 fully saturated rings. The van der Waals surface area contributed by atoms with Crippen molar-refractivity contribution in [1.82, 2.24) is 14.7 Å². The van der Waals surface area contributed by atoms with Crippen LogP contribution in [-0.2, 0) is 11.2 Å². The van der Waals surface area contributed by atoms with Crippen molar-refractivity contribution < 1.29 is 9.53 Å². The third-order valence-electron chi connectivity index (χ3n) is 4.92. The van der Waals surface area contributed by atoms with E-state index < -0.39 is 0 Å². The SMILES string of the molecule is CCc1c(C(=O)N2CCC(OCCCN)CC2)cnn1-c1cccc(Cl)c1.Cl. The van der Waals surface area contributed by atoms with E-state index >= 15 is 0 Å². The highest BCUT2D eigenvalue weighted by Gasteiger charge is 2.27. The fraction of sp³-hybridized carbons (Fsp3) is 0.500. The molecule has 0 saturated carbocycles. The Balaban J connectivity index is 0.00000280. The van der Waals surface area contributed by atoms with Gasteiger partial charge >= 0.3 is 0 Å². The minimum atomic E-state index is 0. The molecule has 0 atom stereocenters. The van der Waals surface area contributed by atoms with Gasteiger partial charge < -0.3 is 15.4 Å². The predicted octanol–water partition coefficient (Wildman–Crippen LogP) is 3.48. The van der Waals surface area contributed by atoms with E-state index in [1.807, 2.05) is 40.8 Å². The van der Waals surface area contributed by atoms with E-state index in [1.54, 1.807) is 6.20 Å². The number of carbonyl (C=O) groups excluding carboxylic acids is 1. The number of aromatic nitrogens is 2. The number of rotatable bonds is 7.